The number of rotatable bonds is 7. The van der Waals surface area contributed by atoms with Crippen LogP contribution in [-0.2, 0) is 11.5 Å². The van der Waals surface area contributed by atoms with E-state index >= 15 is 0 Å². The van der Waals surface area contributed by atoms with Crippen LogP contribution in [0.3, 0.4) is 0 Å². The summed E-state index contributed by atoms with van der Waals surface area (Å²) >= 11 is 0. The molecule has 5 nitrogen and oxygen atoms in total. The van der Waals surface area contributed by atoms with Gasteiger partial charge in [-0.3, -0.25) is 4.98 Å². The lowest BCUT2D eigenvalue weighted by Crippen LogP contribution is -2.22. The number of benzene rings is 1. The molecule has 1 aromatic carbocycles. The number of hydrogen-bond donors (Lipinski definition) is 0. The van der Waals surface area contributed by atoms with Crippen LogP contribution < -0.4 is 4.74 Å². The Balaban J connectivity index is 1.82. The maximum atomic E-state index is 14.3. The first-order valence-corrected chi connectivity index (χ1v) is 12.3. The molecule has 7 heteroatoms. The van der Waals surface area contributed by atoms with E-state index in [-0.39, 0.29) is 5.82 Å². The minimum absolute atomic E-state index is 0.357. The minimum atomic E-state index is -1.11. The average Bonchev–Trinajstić information content (AvgIpc) is 3.00. The van der Waals surface area contributed by atoms with Gasteiger partial charge >= 0.3 is 0 Å². The molecule has 0 saturated carbocycles. The van der Waals surface area contributed by atoms with E-state index in [9.17, 15) is 4.39 Å². The van der Waals surface area contributed by atoms with Gasteiger partial charge in [-0.1, -0.05) is 25.7 Å². The zero-order chi connectivity index (χ0) is 18.7. The summed E-state index contributed by atoms with van der Waals surface area (Å²) in [5.41, 5.74) is 1.74. The summed E-state index contributed by atoms with van der Waals surface area (Å²) in [7, 11) is 0.414. The number of halogens is 1. The van der Waals surface area contributed by atoms with E-state index < -0.39 is 8.07 Å². The van der Waals surface area contributed by atoms with Gasteiger partial charge in [-0.25, -0.2) is 9.07 Å². The molecule has 0 aliphatic heterocycles. The van der Waals surface area contributed by atoms with Crippen molar-refractivity contribution in [2.24, 2.45) is 0 Å². The Hall–Kier alpha value is -2.25. The van der Waals surface area contributed by atoms with Crippen LogP contribution in [0.5, 0.6) is 5.75 Å². The summed E-state index contributed by atoms with van der Waals surface area (Å²) in [6, 6.07) is 7.68. The molecule has 2 heterocycles. The Morgan fingerprint density at radius 2 is 2.00 bits per heavy atom. The minimum Gasteiger partial charge on any atom is -0.496 e. The van der Waals surface area contributed by atoms with E-state index in [1.165, 1.54) is 13.2 Å². The Morgan fingerprint density at radius 1 is 1.19 bits per heavy atom. The summed E-state index contributed by atoms with van der Waals surface area (Å²) in [4.78, 5) is 4.42. The molecule has 0 atom stereocenters. The van der Waals surface area contributed by atoms with Crippen LogP contribution in [-0.4, -0.2) is 36.6 Å². The first-order chi connectivity index (χ1) is 12.4. The Labute approximate surface area is 153 Å². The zero-order valence-electron chi connectivity index (χ0n) is 15.6. The molecule has 2 aromatic heterocycles. The highest BCUT2D eigenvalue weighted by atomic mass is 28.3. The van der Waals surface area contributed by atoms with E-state index in [0.717, 1.165) is 23.6 Å². The molecule has 3 aromatic rings. The van der Waals surface area contributed by atoms with Gasteiger partial charge in [0.25, 0.3) is 0 Å². The molecule has 0 fully saturated rings. The van der Waals surface area contributed by atoms with Crippen LogP contribution in [0.2, 0.25) is 25.7 Å². The van der Waals surface area contributed by atoms with Gasteiger partial charge in [-0.05, 0) is 24.2 Å². The molecule has 0 bridgehead atoms. The highest BCUT2D eigenvalue weighted by Crippen LogP contribution is 2.32. The van der Waals surface area contributed by atoms with Crippen LogP contribution in [0.15, 0.2) is 36.7 Å². The predicted molar refractivity (Wildman–Crippen MR) is 104 cm³/mol. The monoisotopic (exact) mass is 373 g/mol. The molecule has 0 aliphatic rings. The predicted octanol–water partition coefficient (Wildman–Crippen LogP) is 4.56. The van der Waals surface area contributed by atoms with E-state index in [1.807, 2.05) is 6.07 Å². The maximum absolute atomic E-state index is 14.3. The van der Waals surface area contributed by atoms with Crippen molar-refractivity contribution >= 4 is 19.0 Å². The van der Waals surface area contributed by atoms with Crippen molar-refractivity contribution in [3.05, 3.63) is 42.5 Å². The van der Waals surface area contributed by atoms with E-state index in [0.29, 0.717) is 23.7 Å². The van der Waals surface area contributed by atoms with Crippen molar-refractivity contribution in [3.63, 3.8) is 0 Å². The summed E-state index contributed by atoms with van der Waals surface area (Å²) in [6.07, 6.45) is 3.45. The van der Waals surface area contributed by atoms with Gasteiger partial charge in [0.2, 0.25) is 0 Å². The molecular formula is C19H24FN3O2Si. The fourth-order valence-corrected chi connectivity index (χ4v) is 3.43. The van der Waals surface area contributed by atoms with Gasteiger partial charge in [0.15, 0.2) is 0 Å². The molecule has 0 unspecified atom stereocenters. The van der Waals surface area contributed by atoms with Gasteiger partial charge in [0, 0.05) is 20.1 Å². The first kappa shape index (κ1) is 18.5. The second kappa shape index (κ2) is 7.55. The van der Waals surface area contributed by atoms with Crippen molar-refractivity contribution in [1.82, 2.24) is 14.8 Å². The SMILES string of the molecule is COc1cccc(F)c1-c1cc2cnn(COCC[Si](C)(C)C)c2cn1. The number of ether oxygens (including phenoxy) is 2. The number of fused-ring (bicyclic) bond motifs is 1. The lowest BCUT2D eigenvalue weighted by molar-refractivity contribution is 0.0816. The van der Waals surface area contributed by atoms with E-state index in [1.54, 1.807) is 29.2 Å². The summed E-state index contributed by atoms with van der Waals surface area (Å²) < 4.78 is 27.1. The fraction of sp³-hybridized carbons (Fsp3) is 0.368. The Bertz CT molecular complexity index is 905. The van der Waals surface area contributed by atoms with Crippen LogP contribution in [0.1, 0.15) is 0 Å². The van der Waals surface area contributed by atoms with Gasteiger partial charge in [0.05, 0.1) is 36.3 Å². The third kappa shape index (κ3) is 4.11. The largest absolute Gasteiger partial charge is 0.496 e. The molecule has 26 heavy (non-hydrogen) atoms. The molecule has 0 radical (unpaired) electrons. The smallest absolute Gasteiger partial charge is 0.140 e. The first-order valence-electron chi connectivity index (χ1n) is 8.61. The van der Waals surface area contributed by atoms with Crippen molar-refractivity contribution in [1.29, 1.82) is 0 Å². The third-order valence-corrected chi connectivity index (χ3v) is 5.89. The Kier molecular flexibility index (Phi) is 5.38. The lowest BCUT2D eigenvalue weighted by Gasteiger charge is -2.15. The van der Waals surface area contributed by atoms with Crippen molar-refractivity contribution in [2.45, 2.75) is 32.4 Å². The third-order valence-electron chi connectivity index (χ3n) is 4.19. The number of aromatic nitrogens is 3. The highest BCUT2D eigenvalue weighted by Gasteiger charge is 2.15. The number of pyridine rings is 1. The van der Waals surface area contributed by atoms with Gasteiger partial charge in [0.1, 0.15) is 18.3 Å². The second-order valence-corrected chi connectivity index (χ2v) is 13.1. The van der Waals surface area contributed by atoms with Crippen LogP contribution >= 0.6 is 0 Å². The molecule has 0 spiro atoms. The molecule has 0 N–H and O–H groups in total. The van der Waals surface area contributed by atoms with Crippen LogP contribution in [0.4, 0.5) is 4.39 Å². The lowest BCUT2D eigenvalue weighted by atomic mass is 10.1. The number of methoxy groups -OCH3 is 1. The number of nitrogens with zero attached hydrogens (tertiary/aromatic N) is 3. The second-order valence-electron chi connectivity index (χ2n) is 7.44. The zero-order valence-corrected chi connectivity index (χ0v) is 16.6. The highest BCUT2D eigenvalue weighted by molar-refractivity contribution is 6.76. The van der Waals surface area contributed by atoms with E-state index in [2.05, 4.69) is 29.7 Å². The quantitative estimate of drug-likeness (QED) is 0.450. The van der Waals surface area contributed by atoms with Gasteiger partial charge in [-0.15, -0.1) is 0 Å². The summed E-state index contributed by atoms with van der Waals surface area (Å²) in [6.45, 7) is 8.08. The van der Waals surface area contributed by atoms with Crippen LogP contribution in [0, 0.1) is 5.82 Å². The molecular weight excluding hydrogens is 349 g/mol. The average molecular weight is 374 g/mol. The molecule has 0 saturated heterocycles. The van der Waals surface area contributed by atoms with Crippen LogP contribution in [0.25, 0.3) is 22.2 Å². The van der Waals surface area contributed by atoms with Gasteiger partial charge < -0.3 is 9.47 Å². The molecule has 0 aliphatic carbocycles. The van der Waals surface area contributed by atoms with Crippen molar-refractivity contribution in [3.8, 4) is 17.0 Å². The topological polar surface area (TPSA) is 49.2 Å². The maximum Gasteiger partial charge on any atom is 0.140 e. The molecule has 138 valence electrons. The fourth-order valence-electron chi connectivity index (χ4n) is 2.67. The van der Waals surface area contributed by atoms with Crippen molar-refractivity contribution < 1.29 is 13.9 Å². The van der Waals surface area contributed by atoms with Crippen molar-refractivity contribution in [2.75, 3.05) is 13.7 Å². The summed E-state index contributed by atoms with van der Waals surface area (Å²) in [5, 5.41) is 5.25. The van der Waals surface area contributed by atoms with E-state index in [4.69, 9.17) is 9.47 Å². The molecule has 0 amide bonds. The number of hydrogen-bond acceptors (Lipinski definition) is 4. The normalized spacial score (nSPS) is 11.9. The standard InChI is InChI=1S/C19H24FN3O2Si/c1-24-18-7-5-6-15(20)19(18)16-10-14-11-22-23(17(14)12-21-16)13-25-8-9-26(2,3)4/h5-7,10-12H,8-9,13H2,1-4H3. The molecule has 3 rings (SSSR count). The van der Waals surface area contributed by atoms with Gasteiger partial charge in [-0.2, -0.15) is 5.10 Å². The Morgan fingerprint density at radius 3 is 2.73 bits per heavy atom. The summed E-state index contributed by atoms with van der Waals surface area (Å²) in [5.74, 6) is 0.0946.